The third-order valence-electron chi connectivity index (χ3n) is 4.55. The highest BCUT2D eigenvalue weighted by molar-refractivity contribution is 5.77. The quantitative estimate of drug-likeness (QED) is 0.822. The van der Waals surface area contributed by atoms with Crippen LogP contribution in [0.1, 0.15) is 24.8 Å². The van der Waals surface area contributed by atoms with Crippen molar-refractivity contribution in [2.24, 2.45) is 5.92 Å². The van der Waals surface area contributed by atoms with E-state index in [1.54, 1.807) is 15.6 Å². The Hall–Kier alpha value is -2.41. The number of hydrogen-bond acceptors (Lipinski definition) is 4. The lowest BCUT2D eigenvalue weighted by Crippen LogP contribution is -2.29. The van der Waals surface area contributed by atoms with Gasteiger partial charge in [-0.1, -0.05) is 6.07 Å². The maximum atomic E-state index is 12.1. The zero-order valence-electron chi connectivity index (χ0n) is 13.3. The van der Waals surface area contributed by atoms with E-state index in [9.17, 15) is 14.7 Å². The number of aliphatic carboxylic acids is 1. The fraction of sp³-hybridized carbons (Fsp3) is 0.471. The lowest BCUT2D eigenvalue weighted by Gasteiger charge is -2.16. The molecule has 3 rings (SSSR count). The van der Waals surface area contributed by atoms with Crippen LogP contribution in [0.3, 0.4) is 0 Å². The van der Waals surface area contributed by atoms with Crippen LogP contribution in [0.5, 0.6) is 0 Å². The molecule has 0 spiro atoms. The molecule has 1 saturated heterocycles. The molecule has 3 heterocycles. The molecule has 0 saturated carbocycles. The third-order valence-corrected chi connectivity index (χ3v) is 4.55. The Bertz CT molecular complexity index is 742. The molecule has 7 nitrogen and oxygen atoms in total. The van der Waals surface area contributed by atoms with Gasteiger partial charge in [0.1, 0.15) is 0 Å². The minimum absolute atomic E-state index is 0.00519. The number of aliphatic hydroxyl groups excluding tert-OH is 1. The summed E-state index contributed by atoms with van der Waals surface area (Å²) in [5.41, 5.74) is 2.11. The van der Waals surface area contributed by atoms with Gasteiger partial charge in [-0.3, -0.25) is 9.59 Å². The van der Waals surface area contributed by atoms with Crippen molar-refractivity contribution < 1.29 is 19.8 Å². The van der Waals surface area contributed by atoms with E-state index in [1.807, 2.05) is 24.4 Å². The summed E-state index contributed by atoms with van der Waals surface area (Å²) >= 11 is 0. The number of aromatic nitrogens is 2. The first-order valence-electron chi connectivity index (χ1n) is 8.13. The predicted octanol–water partition coefficient (Wildman–Crippen LogP) is 0.951. The summed E-state index contributed by atoms with van der Waals surface area (Å²) in [6, 6.07) is 5.87. The summed E-state index contributed by atoms with van der Waals surface area (Å²) in [6.45, 7) is 0.821. The molecule has 0 unspecified atom stereocenters. The number of nitrogens with zero attached hydrogens (tertiary/aromatic N) is 3. The Morgan fingerprint density at radius 1 is 1.25 bits per heavy atom. The molecular weight excluding hydrogens is 310 g/mol. The highest BCUT2D eigenvalue weighted by Crippen LogP contribution is 2.24. The second kappa shape index (κ2) is 7.00. The number of carbonyl (C=O) groups is 2. The van der Waals surface area contributed by atoms with Crippen LogP contribution in [0.4, 0.5) is 0 Å². The van der Waals surface area contributed by atoms with Gasteiger partial charge in [0.25, 0.3) is 0 Å². The maximum absolute atomic E-state index is 12.1. The van der Waals surface area contributed by atoms with Gasteiger partial charge < -0.3 is 15.1 Å². The molecule has 1 amide bonds. The molecule has 2 aromatic rings. The fourth-order valence-corrected chi connectivity index (χ4v) is 3.28. The molecule has 2 N–H and O–H groups in total. The van der Waals surface area contributed by atoms with E-state index >= 15 is 0 Å². The van der Waals surface area contributed by atoms with E-state index in [-0.39, 0.29) is 24.7 Å². The lowest BCUT2D eigenvalue weighted by atomic mass is 9.96. The number of β-amino-alcohol motifs (C(OH)–C–C–N with tert-alkyl or cyclic N) is 1. The number of aliphatic hydroxyl groups is 1. The molecular formula is C17H21N3O4. The number of pyridine rings is 1. The molecule has 1 aliphatic heterocycles. The van der Waals surface area contributed by atoms with Crippen molar-refractivity contribution in [1.29, 1.82) is 0 Å². The molecule has 1 fully saturated rings. The Labute approximate surface area is 139 Å². The van der Waals surface area contributed by atoms with E-state index in [0.29, 0.717) is 25.9 Å². The average Bonchev–Trinajstić information content (AvgIpc) is 3.15. The first kappa shape index (κ1) is 16.4. The van der Waals surface area contributed by atoms with Crippen molar-refractivity contribution in [2.45, 2.75) is 31.8 Å². The number of carboxylic acids is 1. The van der Waals surface area contributed by atoms with Gasteiger partial charge in [0, 0.05) is 44.2 Å². The van der Waals surface area contributed by atoms with E-state index in [0.717, 1.165) is 11.1 Å². The second-order valence-corrected chi connectivity index (χ2v) is 6.27. The van der Waals surface area contributed by atoms with Crippen molar-refractivity contribution in [1.82, 2.24) is 14.5 Å². The van der Waals surface area contributed by atoms with Gasteiger partial charge in [0.05, 0.1) is 11.6 Å². The van der Waals surface area contributed by atoms with Gasteiger partial charge in [0.2, 0.25) is 5.91 Å². The Balaban J connectivity index is 1.60. The summed E-state index contributed by atoms with van der Waals surface area (Å²) < 4.78 is 1.80. The topological polar surface area (TPSA) is 95.1 Å². The Morgan fingerprint density at radius 3 is 2.88 bits per heavy atom. The molecule has 1 aliphatic rings. The molecule has 0 aromatic carbocycles. The largest absolute Gasteiger partial charge is 0.481 e. The molecule has 128 valence electrons. The number of carbonyl (C=O) groups excluding carboxylic acids is 1. The number of carboxylic acid groups (broad SMARTS) is 1. The third kappa shape index (κ3) is 3.56. The SMILES string of the molecule is O=C(O)CCCC(=O)N1C[C@@H](Cc2cccn3nccc23)[C@@H](O)C1. The van der Waals surface area contributed by atoms with Crippen molar-refractivity contribution in [2.75, 3.05) is 13.1 Å². The number of likely N-dealkylation sites (tertiary alicyclic amines) is 1. The van der Waals surface area contributed by atoms with E-state index in [1.165, 1.54) is 0 Å². The Kier molecular flexibility index (Phi) is 4.80. The summed E-state index contributed by atoms with van der Waals surface area (Å²) in [5.74, 6) is -0.995. The lowest BCUT2D eigenvalue weighted by molar-refractivity contribution is -0.137. The summed E-state index contributed by atoms with van der Waals surface area (Å²) in [7, 11) is 0. The zero-order chi connectivity index (χ0) is 17.1. The first-order chi connectivity index (χ1) is 11.5. The monoisotopic (exact) mass is 331 g/mol. The van der Waals surface area contributed by atoms with Gasteiger partial charge in [-0.2, -0.15) is 5.10 Å². The van der Waals surface area contributed by atoms with Crippen molar-refractivity contribution in [3.05, 3.63) is 36.2 Å². The van der Waals surface area contributed by atoms with E-state index in [2.05, 4.69) is 5.10 Å². The highest BCUT2D eigenvalue weighted by atomic mass is 16.4. The minimum Gasteiger partial charge on any atom is -0.481 e. The average molecular weight is 331 g/mol. The van der Waals surface area contributed by atoms with Gasteiger partial charge in [0.15, 0.2) is 0 Å². The summed E-state index contributed by atoms with van der Waals surface area (Å²) in [4.78, 5) is 24.3. The first-order valence-corrected chi connectivity index (χ1v) is 8.13. The van der Waals surface area contributed by atoms with Gasteiger partial charge in [-0.15, -0.1) is 0 Å². The van der Waals surface area contributed by atoms with Crippen LogP contribution < -0.4 is 0 Å². The smallest absolute Gasteiger partial charge is 0.303 e. The number of hydrogen-bond donors (Lipinski definition) is 2. The molecule has 2 aromatic heterocycles. The van der Waals surface area contributed by atoms with Crippen LogP contribution in [0.25, 0.3) is 5.52 Å². The van der Waals surface area contributed by atoms with Crippen molar-refractivity contribution >= 4 is 17.4 Å². The van der Waals surface area contributed by atoms with Crippen LogP contribution in [0.15, 0.2) is 30.6 Å². The molecule has 7 heteroatoms. The van der Waals surface area contributed by atoms with Crippen LogP contribution >= 0.6 is 0 Å². The highest BCUT2D eigenvalue weighted by Gasteiger charge is 2.34. The second-order valence-electron chi connectivity index (χ2n) is 6.27. The summed E-state index contributed by atoms with van der Waals surface area (Å²) in [5, 5.41) is 23.1. The minimum atomic E-state index is -0.893. The maximum Gasteiger partial charge on any atom is 0.303 e. The van der Waals surface area contributed by atoms with Crippen LogP contribution in [-0.2, 0) is 16.0 Å². The fourth-order valence-electron chi connectivity index (χ4n) is 3.28. The molecule has 0 radical (unpaired) electrons. The summed E-state index contributed by atoms with van der Waals surface area (Å²) in [6.07, 6.45) is 4.27. The molecule has 2 atom stereocenters. The van der Waals surface area contributed by atoms with E-state index < -0.39 is 12.1 Å². The number of fused-ring (bicyclic) bond motifs is 1. The van der Waals surface area contributed by atoms with Gasteiger partial charge in [-0.25, -0.2) is 4.52 Å². The number of rotatable bonds is 6. The van der Waals surface area contributed by atoms with Crippen LogP contribution in [-0.4, -0.2) is 55.8 Å². The molecule has 0 aliphatic carbocycles. The number of amides is 1. The standard InChI is InChI=1S/C17H21N3O4/c21-15-11-19(16(22)4-1-5-17(23)24)10-13(15)9-12-3-2-8-20-14(12)6-7-18-20/h2-3,6-8,13,15,21H,1,4-5,9-11H2,(H,23,24)/t13-,15+/m1/s1. The van der Waals surface area contributed by atoms with Crippen LogP contribution in [0.2, 0.25) is 0 Å². The van der Waals surface area contributed by atoms with Crippen molar-refractivity contribution in [3.8, 4) is 0 Å². The molecule has 24 heavy (non-hydrogen) atoms. The van der Waals surface area contributed by atoms with Crippen molar-refractivity contribution in [3.63, 3.8) is 0 Å². The van der Waals surface area contributed by atoms with Gasteiger partial charge >= 0.3 is 5.97 Å². The Morgan fingerprint density at radius 2 is 2.08 bits per heavy atom. The predicted molar refractivity (Wildman–Crippen MR) is 86.5 cm³/mol. The normalized spacial score (nSPS) is 20.6. The van der Waals surface area contributed by atoms with Gasteiger partial charge in [-0.05, 0) is 30.5 Å². The van der Waals surface area contributed by atoms with Crippen LogP contribution in [0, 0.1) is 5.92 Å². The van der Waals surface area contributed by atoms with E-state index in [4.69, 9.17) is 5.11 Å². The zero-order valence-corrected chi connectivity index (χ0v) is 13.3. The molecule has 0 bridgehead atoms.